The summed E-state index contributed by atoms with van der Waals surface area (Å²) in [6.07, 6.45) is 4.74. The predicted molar refractivity (Wildman–Crippen MR) is 91.8 cm³/mol. The van der Waals surface area contributed by atoms with Crippen molar-refractivity contribution < 1.29 is 9.53 Å². The highest BCUT2D eigenvalue weighted by Crippen LogP contribution is 2.20. The molecule has 1 atom stereocenters. The largest absolute Gasteiger partial charge is 0.379 e. The summed E-state index contributed by atoms with van der Waals surface area (Å²) in [6.45, 7) is 7.46. The van der Waals surface area contributed by atoms with Gasteiger partial charge >= 0.3 is 6.03 Å². The average Bonchev–Trinajstić information content (AvgIpc) is 3.06. The SMILES string of the molecule is CC[C@@H](NC(=O)N1CCC(N2CCOCC2)CC1)c1ccnn1C. The van der Waals surface area contributed by atoms with Crippen LogP contribution in [-0.2, 0) is 11.8 Å². The van der Waals surface area contributed by atoms with Crippen LogP contribution in [0.15, 0.2) is 12.3 Å². The number of nitrogens with one attached hydrogen (secondary N) is 1. The average molecular weight is 335 g/mol. The molecule has 24 heavy (non-hydrogen) atoms. The topological polar surface area (TPSA) is 62.6 Å². The van der Waals surface area contributed by atoms with E-state index in [0.717, 1.165) is 64.3 Å². The number of morpholine rings is 1. The molecule has 2 aliphatic rings. The van der Waals surface area contributed by atoms with Gasteiger partial charge in [-0.2, -0.15) is 5.10 Å². The molecule has 1 N–H and O–H groups in total. The van der Waals surface area contributed by atoms with E-state index in [1.165, 1.54) is 0 Å². The monoisotopic (exact) mass is 335 g/mol. The van der Waals surface area contributed by atoms with Gasteiger partial charge < -0.3 is 15.0 Å². The van der Waals surface area contributed by atoms with Crippen LogP contribution in [0, 0.1) is 0 Å². The summed E-state index contributed by atoms with van der Waals surface area (Å²) in [6, 6.07) is 2.63. The second-order valence-electron chi connectivity index (χ2n) is 6.66. The number of rotatable bonds is 4. The van der Waals surface area contributed by atoms with Gasteiger partial charge in [-0.15, -0.1) is 0 Å². The number of carbonyl (C=O) groups is 1. The molecule has 2 saturated heterocycles. The Kier molecular flexibility index (Phi) is 5.73. The number of ether oxygens (including phenoxy) is 1. The molecule has 0 bridgehead atoms. The molecule has 2 amide bonds. The van der Waals surface area contributed by atoms with Crippen molar-refractivity contribution in [1.82, 2.24) is 24.9 Å². The lowest BCUT2D eigenvalue weighted by Crippen LogP contribution is -2.52. The molecule has 7 heteroatoms. The number of urea groups is 1. The molecule has 3 rings (SSSR count). The molecule has 1 aromatic heterocycles. The van der Waals surface area contributed by atoms with Crippen LogP contribution in [0.2, 0.25) is 0 Å². The number of hydrogen-bond donors (Lipinski definition) is 1. The maximum Gasteiger partial charge on any atom is 0.317 e. The zero-order valence-electron chi connectivity index (χ0n) is 14.8. The predicted octanol–water partition coefficient (Wildman–Crippen LogP) is 1.38. The van der Waals surface area contributed by atoms with Gasteiger partial charge in [0.05, 0.1) is 24.9 Å². The fourth-order valence-corrected chi connectivity index (χ4v) is 3.73. The summed E-state index contributed by atoms with van der Waals surface area (Å²) in [5.74, 6) is 0. The van der Waals surface area contributed by atoms with Crippen molar-refractivity contribution in [2.45, 2.75) is 38.3 Å². The second kappa shape index (κ2) is 7.98. The summed E-state index contributed by atoms with van der Waals surface area (Å²) in [4.78, 5) is 17.1. The normalized spacial score (nSPS) is 21.7. The van der Waals surface area contributed by atoms with Crippen molar-refractivity contribution in [2.24, 2.45) is 7.05 Å². The molecular weight excluding hydrogens is 306 g/mol. The number of nitrogens with zero attached hydrogens (tertiary/aromatic N) is 4. The van der Waals surface area contributed by atoms with Crippen LogP contribution in [-0.4, -0.2) is 71.0 Å². The first-order chi connectivity index (χ1) is 11.7. The fraction of sp³-hybridized carbons (Fsp3) is 0.765. The summed E-state index contributed by atoms with van der Waals surface area (Å²) in [5.41, 5.74) is 1.05. The Morgan fingerprint density at radius 3 is 2.62 bits per heavy atom. The quantitative estimate of drug-likeness (QED) is 0.903. The third-order valence-electron chi connectivity index (χ3n) is 5.24. The first kappa shape index (κ1) is 17.2. The molecule has 0 unspecified atom stereocenters. The van der Waals surface area contributed by atoms with E-state index in [4.69, 9.17) is 4.74 Å². The number of hydrogen-bond acceptors (Lipinski definition) is 4. The number of piperidine rings is 1. The zero-order valence-corrected chi connectivity index (χ0v) is 14.8. The van der Waals surface area contributed by atoms with Crippen molar-refractivity contribution in [3.05, 3.63) is 18.0 Å². The Labute approximate surface area is 143 Å². The lowest BCUT2D eigenvalue weighted by atomic mass is 10.0. The number of carbonyl (C=O) groups excluding carboxylic acids is 1. The van der Waals surface area contributed by atoms with E-state index < -0.39 is 0 Å². The molecule has 2 aliphatic heterocycles. The van der Waals surface area contributed by atoms with E-state index >= 15 is 0 Å². The van der Waals surface area contributed by atoms with Crippen LogP contribution < -0.4 is 5.32 Å². The van der Waals surface area contributed by atoms with Gasteiger partial charge in [0.15, 0.2) is 0 Å². The van der Waals surface area contributed by atoms with Gasteiger partial charge in [-0.05, 0) is 25.3 Å². The minimum absolute atomic E-state index is 0.0157. The Balaban J connectivity index is 1.50. The Bertz CT molecular complexity index is 533. The minimum atomic E-state index is 0.0157. The van der Waals surface area contributed by atoms with E-state index in [0.29, 0.717) is 6.04 Å². The van der Waals surface area contributed by atoms with Crippen LogP contribution >= 0.6 is 0 Å². The van der Waals surface area contributed by atoms with Crippen molar-refractivity contribution in [3.8, 4) is 0 Å². The number of aryl methyl sites for hydroxylation is 1. The van der Waals surface area contributed by atoms with Crippen LogP contribution in [0.4, 0.5) is 4.79 Å². The molecule has 0 aromatic carbocycles. The summed E-state index contributed by atoms with van der Waals surface area (Å²) >= 11 is 0. The Morgan fingerprint density at radius 2 is 2.04 bits per heavy atom. The molecule has 0 aliphatic carbocycles. The first-order valence-corrected chi connectivity index (χ1v) is 9.04. The molecule has 134 valence electrons. The second-order valence-corrected chi connectivity index (χ2v) is 6.66. The smallest absolute Gasteiger partial charge is 0.317 e. The molecule has 0 spiro atoms. The van der Waals surface area contributed by atoms with Gasteiger partial charge in [0.25, 0.3) is 0 Å². The van der Waals surface area contributed by atoms with Crippen LogP contribution in [0.25, 0.3) is 0 Å². The molecule has 0 saturated carbocycles. The van der Waals surface area contributed by atoms with Crippen LogP contribution in [0.5, 0.6) is 0 Å². The van der Waals surface area contributed by atoms with E-state index in [1.54, 1.807) is 6.20 Å². The van der Waals surface area contributed by atoms with Gasteiger partial charge in [0.2, 0.25) is 0 Å². The van der Waals surface area contributed by atoms with E-state index in [1.807, 2.05) is 22.7 Å². The van der Waals surface area contributed by atoms with Crippen molar-refractivity contribution >= 4 is 6.03 Å². The Morgan fingerprint density at radius 1 is 1.33 bits per heavy atom. The summed E-state index contributed by atoms with van der Waals surface area (Å²) in [7, 11) is 1.91. The lowest BCUT2D eigenvalue weighted by Gasteiger charge is -2.40. The highest BCUT2D eigenvalue weighted by atomic mass is 16.5. The van der Waals surface area contributed by atoms with Crippen LogP contribution in [0.3, 0.4) is 0 Å². The maximum atomic E-state index is 12.6. The summed E-state index contributed by atoms with van der Waals surface area (Å²) < 4.78 is 7.26. The molecule has 3 heterocycles. The summed E-state index contributed by atoms with van der Waals surface area (Å²) in [5, 5.41) is 7.37. The minimum Gasteiger partial charge on any atom is -0.379 e. The molecule has 2 fully saturated rings. The van der Waals surface area contributed by atoms with Gasteiger partial charge in [-0.1, -0.05) is 6.92 Å². The van der Waals surface area contributed by atoms with Gasteiger partial charge in [-0.25, -0.2) is 4.79 Å². The molecule has 1 aromatic rings. The fourth-order valence-electron chi connectivity index (χ4n) is 3.73. The Hall–Kier alpha value is -1.60. The lowest BCUT2D eigenvalue weighted by molar-refractivity contribution is 0.00372. The van der Waals surface area contributed by atoms with Gasteiger partial charge in [-0.3, -0.25) is 9.58 Å². The van der Waals surface area contributed by atoms with E-state index in [2.05, 4.69) is 22.2 Å². The van der Waals surface area contributed by atoms with Crippen molar-refractivity contribution in [3.63, 3.8) is 0 Å². The van der Waals surface area contributed by atoms with Crippen LogP contribution in [0.1, 0.15) is 37.9 Å². The van der Waals surface area contributed by atoms with Crippen molar-refractivity contribution in [2.75, 3.05) is 39.4 Å². The van der Waals surface area contributed by atoms with E-state index in [9.17, 15) is 4.79 Å². The highest BCUT2D eigenvalue weighted by molar-refractivity contribution is 5.74. The van der Waals surface area contributed by atoms with Gasteiger partial charge in [0.1, 0.15) is 0 Å². The molecule has 0 radical (unpaired) electrons. The van der Waals surface area contributed by atoms with Crippen molar-refractivity contribution in [1.29, 1.82) is 0 Å². The number of likely N-dealkylation sites (tertiary alicyclic amines) is 1. The number of amides is 2. The third kappa shape index (κ3) is 3.89. The third-order valence-corrected chi connectivity index (χ3v) is 5.24. The van der Waals surface area contributed by atoms with E-state index in [-0.39, 0.29) is 12.1 Å². The maximum absolute atomic E-state index is 12.6. The first-order valence-electron chi connectivity index (χ1n) is 9.04. The standard InChI is InChI=1S/C17H29N5O2/c1-3-15(16-4-7-18-20(16)2)19-17(23)22-8-5-14(6-9-22)21-10-12-24-13-11-21/h4,7,14-15H,3,5-6,8-13H2,1-2H3,(H,19,23)/t15-/m1/s1. The molecular formula is C17H29N5O2. The van der Waals surface area contributed by atoms with Gasteiger partial charge in [0, 0.05) is 45.5 Å². The number of aromatic nitrogens is 2. The zero-order chi connectivity index (χ0) is 16.9. The molecule has 7 nitrogen and oxygen atoms in total. The highest BCUT2D eigenvalue weighted by Gasteiger charge is 2.28.